The van der Waals surface area contributed by atoms with E-state index in [2.05, 4.69) is 50.9 Å². The molecule has 0 aromatic carbocycles. The van der Waals surface area contributed by atoms with E-state index in [9.17, 15) is 0 Å². The van der Waals surface area contributed by atoms with Crippen molar-refractivity contribution in [2.75, 3.05) is 19.6 Å². The molecule has 1 atom stereocenters. The molecule has 19 heavy (non-hydrogen) atoms. The molecule has 0 radical (unpaired) electrons. The van der Waals surface area contributed by atoms with Gasteiger partial charge >= 0.3 is 0 Å². The van der Waals surface area contributed by atoms with Crippen LogP contribution in [-0.2, 0) is 0 Å². The van der Waals surface area contributed by atoms with Gasteiger partial charge in [0.2, 0.25) is 0 Å². The lowest BCUT2D eigenvalue weighted by atomic mass is 9.84. The summed E-state index contributed by atoms with van der Waals surface area (Å²) < 4.78 is 0. The summed E-state index contributed by atoms with van der Waals surface area (Å²) in [7, 11) is 0. The Labute approximate surface area is 120 Å². The van der Waals surface area contributed by atoms with Crippen LogP contribution in [0.5, 0.6) is 0 Å². The molecule has 1 aliphatic rings. The molecule has 0 heterocycles. The molecule has 0 saturated heterocycles. The van der Waals surface area contributed by atoms with Crippen molar-refractivity contribution < 1.29 is 0 Å². The Kier molecular flexibility index (Phi) is 7.09. The number of likely N-dealkylation sites (N-methyl/N-ethyl adjacent to an activating group) is 1. The van der Waals surface area contributed by atoms with Gasteiger partial charge in [0.15, 0.2) is 0 Å². The molecule has 1 N–H and O–H groups in total. The van der Waals surface area contributed by atoms with Crippen molar-refractivity contribution in [3.05, 3.63) is 11.6 Å². The van der Waals surface area contributed by atoms with Gasteiger partial charge in [-0.05, 0) is 52.7 Å². The molecule has 1 aliphatic carbocycles. The van der Waals surface area contributed by atoms with E-state index < -0.39 is 0 Å². The second-order valence-electron chi connectivity index (χ2n) is 6.16. The molecule has 1 unspecified atom stereocenters. The van der Waals surface area contributed by atoms with E-state index in [4.69, 9.17) is 0 Å². The molecule has 1 saturated carbocycles. The second-order valence-corrected chi connectivity index (χ2v) is 6.16. The van der Waals surface area contributed by atoms with E-state index in [1.54, 1.807) is 0 Å². The Morgan fingerprint density at radius 1 is 1.16 bits per heavy atom. The van der Waals surface area contributed by atoms with Crippen LogP contribution in [0.15, 0.2) is 11.6 Å². The van der Waals surface area contributed by atoms with Crippen molar-refractivity contribution in [3.8, 4) is 0 Å². The minimum atomic E-state index is 0.357. The molecule has 0 amide bonds. The molecule has 0 bridgehead atoms. The highest BCUT2D eigenvalue weighted by molar-refractivity contribution is 5.14. The molecule has 0 spiro atoms. The quantitative estimate of drug-likeness (QED) is 0.669. The molecular weight excluding hydrogens is 232 g/mol. The molecule has 0 aromatic heterocycles. The third kappa shape index (κ3) is 4.06. The maximum atomic E-state index is 3.81. The van der Waals surface area contributed by atoms with Crippen molar-refractivity contribution >= 4 is 0 Å². The zero-order valence-electron chi connectivity index (χ0n) is 13.8. The van der Waals surface area contributed by atoms with Gasteiger partial charge in [0.25, 0.3) is 0 Å². The highest BCUT2D eigenvalue weighted by Gasteiger charge is 2.43. The molecular formula is C17H34N2. The number of nitrogens with one attached hydrogen (secondary N) is 1. The van der Waals surface area contributed by atoms with Gasteiger partial charge in [0.1, 0.15) is 0 Å². The summed E-state index contributed by atoms with van der Waals surface area (Å²) in [6, 6.07) is 0.514. The Hall–Kier alpha value is -0.340. The average molecular weight is 266 g/mol. The Bertz CT molecular complexity index is 269. The first-order chi connectivity index (χ1) is 9.10. The summed E-state index contributed by atoms with van der Waals surface area (Å²) in [5.74, 6) is 0. The van der Waals surface area contributed by atoms with Crippen LogP contribution >= 0.6 is 0 Å². The normalized spacial score (nSPS) is 19.7. The standard InChI is InChI=1S/C17H34N2/c1-6-13-18-16(14-15(4)5)17(11-9-10-12-17)19(7-2)8-3/h14,16,18H,6-13H2,1-5H3. The zero-order chi connectivity index (χ0) is 14.3. The molecule has 112 valence electrons. The van der Waals surface area contributed by atoms with E-state index in [-0.39, 0.29) is 0 Å². The lowest BCUT2D eigenvalue weighted by Gasteiger charge is -2.46. The Morgan fingerprint density at radius 3 is 2.16 bits per heavy atom. The molecule has 1 fully saturated rings. The monoisotopic (exact) mass is 266 g/mol. The number of allylic oxidation sites excluding steroid dienone is 1. The van der Waals surface area contributed by atoms with Gasteiger partial charge in [0, 0.05) is 11.6 Å². The third-order valence-corrected chi connectivity index (χ3v) is 4.56. The van der Waals surface area contributed by atoms with Crippen molar-refractivity contribution in [3.63, 3.8) is 0 Å². The third-order valence-electron chi connectivity index (χ3n) is 4.56. The maximum absolute atomic E-state index is 3.81. The first-order valence-corrected chi connectivity index (χ1v) is 8.24. The van der Waals surface area contributed by atoms with Crippen molar-refractivity contribution in [2.24, 2.45) is 0 Å². The molecule has 2 nitrogen and oxygen atoms in total. The van der Waals surface area contributed by atoms with E-state index in [1.807, 2.05) is 0 Å². The SMILES string of the molecule is CCCNC(C=C(C)C)C1(N(CC)CC)CCCC1. The molecule has 2 heteroatoms. The van der Waals surface area contributed by atoms with E-state index >= 15 is 0 Å². The van der Waals surface area contributed by atoms with E-state index in [0.717, 1.165) is 19.6 Å². The van der Waals surface area contributed by atoms with Crippen LogP contribution in [0.2, 0.25) is 0 Å². The van der Waals surface area contributed by atoms with Gasteiger partial charge in [0.05, 0.1) is 0 Å². The van der Waals surface area contributed by atoms with Crippen molar-refractivity contribution in [1.29, 1.82) is 0 Å². The summed E-state index contributed by atoms with van der Waals surface area (Å²) in [5, 5.41) is 3.81. The lowest BCUT2D eigenvalue weighted by molar-refractivity contribution is 0.0789. The largest absolute Gasteiger partial charge is 0.309 e. The van der Waals surface area contributed by atoms with Crippen LogP contribution in [0.1, 0.15) is 66.7 Å². The highest BCUT2D eigenvalue weighted by Crippen LogP contribution is 2.38. The molecule has 0 aliphatic heterocycles. The minimum absolute atomic E-state index is 0.357. The summed E-state index contributed by atoms with van der Waals surface area (Å²) in [6.07, 6.45) is 9.15. The summed E-state index contributed by atoms with van der Waals surface area (Å²) in [6.45, 7) is 14.8. The first kappa shape index (κ1) is 16.7. The second kappa shape index (κ2) is 8.06. The lowest BCUT2D eigenvalue weighted by Crippen LogP contribution is -2.59. The fraction of sp³-hybridized carbons (Fsp3) is 0.882. The maximum Gasteiger partial charge on any atom is 0.0439 e. The summed E-state index contributed by atoms with van der Waals surface area (Å²) in [4.78, 5) is 2.70. The van der Waals surface area contributed by atoms with E-state index in [0.29, 0.717) is 11.6 Å². The first-order valence-electron chi connectivity index (χ1n) is 8.24. The van der Waals surface area contributed by atoms with Crippen LogP contribution in [0.4, 0.5) is 0 Å². The molecule has 0 aromatic rings. The smallest absolute Gasteiger partial charge is 0.0439 e. The van der Waals surface area contributed by atoms with Gasteiger partial charge in [-0.2, -0.15) is 0 Å². The van der Waals surface area contributed by atoms with Gasteiger partial charge in [-0.15, -0.1) is 0 Å². The summed E-state index contributed by atoms with van der Waals surface area (Å²) >= 11 is 0. The number of rotatable bonds is 8. The van der Waals surface area contributed by atoms with Crippen LogP contribution in [0, 0.1) is 0 Å². The number of hydrogen-bond acceptors (Lipinski definition) is 2. The van der Waals surface area contributed by atoms with Gasteiger partial charge in [-0.1, -0.05) is 45.3 Å². The average Bonchev–Trinajstić information content (AvgIpc) is 2.86. The van der Waals surface area contributed by atoms with E-state index in [1.165, 1.54) is 37.7 Å². The predicted octanol–water partition coefficient (Wildman–Crippen LogP) is 3.98. The van der Waals surface area contributed by atoms with Crippen LogP contribution in [0.25, 0.3) is 0 Å². The number of hydrogen-bond donors (Lipinski definition) is 1. The zero-order valence-corrected chi connectivity index (χ0v) is 13.8. The van der Waals surface area contributed by atoms with Gasteiger partial charge < -0.3 is 5.32 Å². The fourth-order valence-corrected chi connectivity index (χ4v) is 3.70. The van der Waals surface area contributed by atoms with Crippen LogP contribution < -0.4 is 5.32 Å². The minimum Gasteiger partial charge on any atom is -0.309 e. The summed E-state index contributed by atoms with van der Waals surface area (Å²) in [5.41, 5.74) is 1.79. The van der Waals surface area contributed by atoms with Crippen molar-refractivity contribution in [2.45, 2.75) is 78.3 Å². The van der Waals surface area contributed by atoms with Crippen molar-refractivity contribution in [1.82, 2.24) is 10.2 Å². The molecule has 1 rings (SSSR count). The Morgan fingerprint density at radius 2 is 1.74 bits per heavy atom. The topological polar surface area (TPSA) is 15.3 Å². The highest BCUT2D eigenvalue weighted by atomic mass is 15.2. The fourth-order valence-electron chi connectivity index (χ4n) is 3.70. The van der Waals surface area contributed by atoms with Gasteiger partial charge in [-0.25, -0.2) is 0 Å². The predicted molar refractivity (Wildman–Crippen MR) is 85.6 cm³/mol. The number of nitrogens with zero attached hydrogens (tertiary/aromatic N) is 1. The Balaban J connectivity index is 2.99. The van der Waals surface area contributed by atoms with Crippen LogP contribution in [0.3, 0.4) is 0 Å². The van der Waals surface area contributed by atoms with Crippen LogP contribution in [-0.4, -0.2) is 36.1 Å². The van der Waals surface area contributed by atoms with Gasteiger partial charge in [-0.3, -0.25) is 4.90 Å².